The van der Waals surface area contributed by atoms with E-state index in [0.29, 0.717) is 11.4 Å². The van der Waals surface area contributed by atoms with Crippen molar-refractivity contribution in [3.63, 3.8) is 0 Å². The fourth-order valence-corrected chi connectivity index (χ4v) is 3.00. The lowest BCUT2D eigenvalue weighted by Gasteiger charge is -2.20. The summed E-state index contributed by atoms with van der Waals surface area (Å²) in [5.74, 6) is 0.562. The standard InChI is InChI=1S/C21H21ClF3N5O/c1-12(2)18(11-31)29-20-28-17(16-5-3-4-8-26-16)10-19(30-20)27-13-6-7-15(22)14(9-13)21(23,24)25/h3-10,12,18,31H,11H2,1-2H3,(H2,27,28,29,30)/t18-/m1/s1. The maximum absolute atomic E-state index is 13.2. The van der Waals surface area contributed by atoms with Gasteiger partial charge in [-0.3, -0.25) is 4.98 Å². The monoisotopic (exact) mass is 451 g/mol. The lowest BCUT2D eigenvalue weighted by Crippen LogP contribution is -2.30. The molecule has 3 aromatic rings. The molecule has 0 saturated heterocycles. The number of aliphatic hydroxyl groups excluding tert-OH is 1. The molecule has 2 heterocycles. The highest BCUT2D eigenvalue weighted by molar-refractivity contribution is 6.31. The number of anilines is 3. The predicted molar refractivity (Wildman–Crippen MR) is 114 cm³/mol. The summed E-state index contributed by atoms with van der Waals surface area (Å²) in [4.78, 5) is 13.1. The van der Waals surface area contributed by atoms with Crippen LogP contribution in [0.2, 0.25) is 5.02 Å². The van der Waals surface area contributed by atoms with Crippen molar-refractivity contribution in [2.24, 2.45) is 5.92 Å². The molecule has 3 N–H and O–H groups in total. The van der Waals surface area contributed by atoms with Gasteiger partial charge >= 0.3 is 6.18 Å². The minimum Gasteiger partial charge on any atom is -0.394 e. The molecule has 1 atom stereocenters. The van der Waals surface area contributed by atoms with Crippen molar-refractivity contribution < 1.29 is 18.3 Å². The van der Waals surface area contributed by atoms with Crippen molar-refractivity contribution in [2.75, 3.05) is 17.2 Å². The van der Waals surface area contributed by atoms with E-state index in [1.54, 1.807) is 30.5 Å². The maximum atomic E-state index is 13.2. The second kappa shape index (κ2) is 9.49. The first-order valence-corrected chi connectivity index (χ1v) is 9.87. The van der Waals surface area contributed by atoms with Gasteiger partial charge in [-0.2, -0.15) is 18.2 Å². The van der Waals surface area contributed by atoms with Crippen LogP contribution >= 0.6 is 11.6 Å². The van der Waals surface area contributed by atoms with Crippen molar-refractivity contribution in [3.05, 3.63) is 59.2 Å². The molecule has 0 bridgehead atoms. The van der Waals surface area contributed by atoms with Crippen LogP contribution in [0.5, 0.6) is 0 Å². The van der Waals surface area contributed by atoms with Crippen LogP contribution in [-0.2, 0) is 6.18 Å². The van der Waals surface area contributed by atoms with Crippen molar-refractivity contribution in [1.82, 2.24) is 15.0 Å². The summed E-state index contributed by atoms with van der Waals surface area (Å²) < 4.78 is 39.6. The molecule has 10 heteroatoms. The molecule has 6 nitrogen and oxygen atoms in total. The predicted octanol–water partition coefficient (Wildman–Crippen LogP) is 5.38. The number of hydrogen-bond donors (Lipinski definition) is 3. The second-order valence-corrected chi connectivity index (χ2v) is 7.58. The van der Waals surface area contributed by atoms with E-state index in [9.17, 15) is 18.3 Å². The molecule has 0 aliphatic carbocycles. The number of hydrogen-bond acceptors (Lipinski definition) is 6. The number of aromatic nitrogens is 3. The molecule has 0 aliphatic rings. The molecule has 0 saturated carbocycles. The Morgan fingerprint density at radius 3 is 2.45 bits per heavy atom. The Labute approximate surface area is 182 Å². The largest absolute Gasteiger partial charge is 0.417 e. The molecule has 0 spiro atoms. The lowest BCUT2D eigenvalue weighted by molar-refractivity contribution is -0.137. The molecule has 0 unspecified atom stereocenters. The van der Waals surface area contributed by atoms with Gasteiger partial charge < -0.3 is 15.7 Å². The Kier molecular flexibility index (Phi) is 6.97. The molecule has 164 valence electrons. The average Bonchev–Trinajstić information content (AvgIpc) is 2.73. The first kappa shape index (κ1) is 22.8. The van der Waals surface area contributed by atoms with Crippen LogP contribution < -0.4 is 10.6 Å². The van der Waals surface area contributed by atoms with Crippen LogP contribution in [0.15, 0.2) is 48.7 Å². The topological polar surface area (TPSA) is 83.0 Å². The number of benzene rings is 1. The van der Waals surface area contributed by atoms with E-state index in [1.807, 2.05) is 13.8 Å². The zero-order valence-corrected chi connectivity index (χ0v) is 17.5. The lowest BCUT2D eigenvalue weighted by atomic mass is 10.1. The molecule has 31 heavy (non-hydrogen) atoms. The number of nitrogens with one attached hydrogen (secondary N) is 2. The zero-order chi connectivity index (χ0) is 22.6. The van der Waals surface area contributed by atoms with Crippen LogP contribution in [-0.4, -0.2) is 32.7 Å². The van der Waals surface area contributed by atoms with Crippen molar-refractivity contribution >= 4 is 29.1 Å². The number of halogens is 4. The van der Waals surface area contributed by atoms with E-state index in [4.69, 9.17) is 11.6 Å². The molecule has 2 aromatic heterocycles. The summed E-state index contributed by atoms with van der Waals surface area (Å²) >= 11 is 5.70. The Morgan fingerprint density at radius 2 is 1.84 bits per heavy atom. The highest BCUT2D eigenvalue weighted by Gasteiger charge is 2.33. The fourth-order valence-electron chi connectivity index (χ4n) is 2.78. The Bertz CT molecular complexity index is 1030. The van der Waals surface area contributed by atoms with E-state index in [-0.39, 0.29) is 41.0 Å². The summed E-state index contributed by atoms with van der Waals surface area (Å²) in [5, 5.41) is 15.2. The highest BCUT2D eigenvalue weighted by Crippen LogP contribution is 2.36. The number of pyridine rings is 1. The van der Waals surface area contributed by atoms with E-state index >= 15 is 0 Å². The van der Waals surface area contributed by atoms with Gasteiger partial charge in [0.15, 0.2) is 0 Å². The zero-order valence-electron chi connectivity index (χ0n) is 16.8. The van der Waals surface area contributed by atoms with Crippen LogP contribution in [0.4, 0.5) is 30.6 Å². The quantitative estimate of drug-likeness (QED) is 0.447. The van der Waals surface area contributed by atoms with E-state index in [2.05, 4.69) is 25.6 Å². The van der Waals surface area contributed by atoms with Gasteiger partial charge in [0.25, 0.3) is 0 Å². The summed E-state index contributed by atoms with van der Waals surface area (Å²) in [7, 11) is 0. The molecule has 3 rings (SSSR count). The average molecular weight is 452 g/mol. The van der Waals surface area contributed by atoms with Crippen LogP contribution in [0.25, 0.3) is 11.4 Å². The fraction of sp³-hybridized carbons (Fsp3) is 0.286. The van der Waals surface area contributed by atoms with E-state index in [0.717, 1.165) is 6.07 Å². The van der Waals surface area contributed by atoms with Crippen LogP contribution in [0.3, 0.4) is 0 Å². The summed E-state index contributed by atoms with van der Waals surface area (Å²) in [6, 6.07) is 10.1. The summed E-state index contributed by atoms with van der Waals surface area (Å²) in [6.07, 6.45) is -2.98. The van der Waals surface area contributed by atoms with Crippen LogP contribution in [0.1, 0.15) is 19.4 Å². The van der Waals surface area contributed by atoms with Crippen molar-refractivity contribution in [2.45, 2.75) is 26.1 Å². The molecule has 0 fully saturated rings. The smallest absolute Gasteiger partial charge is 0.394 e. The maximum Gasteiger partial charge on any atom is 0.417 e. The normalized spacial score (nSPS) is 12.6. The summed E-state index contributed by atoms with van der Waals surface area (Å²) in [6.45, 7) is 3.73. The van der Waals surface area contributed by atoms with Gasteiger partial charge in [-0.15, -0.1) is 0 Å². The SMILES string of the molecule is CC(C)[C@@H](CO)Nc1nc(Nc2ccc(Cl)c(C(F)(F)F)c2)cc(-c2ccccn2)n1. The van der Waals surface area contributed by atoms with E-state index < -0.39 is 11.7 Å². The number of rotatable bonds is 7. The molecule has 0 amide bonds. The third kappa shape index (κ3) is 5.83. The Balaban J connectivity index is 2.00. The van der Waals surface area contributed by atoms with Gasteiger partial charge in [0.05, 0.1) is 34.6 Å². The van der Waals surface area contributed by atoms with Gasteiger partial charge in [0.1, 0.15) is 5.82 Å². The third-order valence-electron chi connectivity index (χ3n) is 4.51. The molecule has 0 radical (unpaired) electrons. The second-order valence-electron chi connectivity index (χ2n) is 7.17. The number of aliphatic hydroxyl groups is 1. The van der Waals surface area contributed by atoms with Gasteiger partial charge in [0, 0.05) is 18.0 Å². The third-order valence-corrected chi connectivity index (χ3v) is 4.84. The Hall–Kier alpha value is -2.91. The number of nitrogens with zero attached hydrogens (tertiary/aromatic N) is 3. The highest BCUT2D eigenvalue weighted by atomic mass is 35.5. The minimum atomic E-state index is -4.59. The first-order valence-electron chi connectivity index (χ1n) is 9.49. The van der Waals surface area contributed by atoms with Crippen molar-refractivity contribution in [3.8, 4) is 11.4 Å². The van der Waals surface area contributed by atoms with Gasteiger partial charge in [-0.25, -0.2) is 4.98 Å². The summed E-state index contributed by atoms with van der Waals surface area (Å²) in [5.41, 5.74) is 0.242. The van der Waals surface area contributed by atoms with E-state index in [1.165, 1.54) is 12.1 Å². The molecular weight excluding hydrogens is 431 g/mol. The van der Waals surface area contributed by atoms with Gasteiger partial charge in [0.2, 0.25) is 5.95 Å². The molecular formula is C21H21ClF3N5O. The van der Waals surface area contributed by atoms with Gasteiger partial charge in [-0.05, 0) is 36.2 Å². The number of alkyl halides is 3. The minimum absolute atomic E-state index is 0.0918. The van der Waals surface area contributed by atoms with Crippen LogP contribution in [0, 0.1) is 5.92 Å². The van der Waals surface area contributed by atoms with Gasteiger partial charge in [-0.1, -0.05) is 31.5 Å². The Morgan fingerprint density at radius 1 is 1.06 bits per heavy atom. The first-order chi connectivity index (χ1) is 14.7. The molecule has 1 aromatic carbocycles. The molecule has 0 aliphatic heterocycles. The van der Waals surface area contributed by atoms with Crippen molar-refractivity contribution in [1.29, 1.82) is 0 Å².